The molecule has 8 heteroatoms. The van der Waals surface area contributed by atoms with Gasteiger partial charge in [-0.2, -0.15) is 0 Å². The summed E-state index contributed by atoms with van der Waals surface area (Å²) in [5.41, 5.74) is 3.37. The number of carbonyl (C=O) groups excluding carboxylic acids is 3. The van der Waals surface area contributed by atoms with Crippen molar-refractivity contribution in [2.45, 2.75) is 50.9 Å². The predicted octanol–water partition coefficient (Wildman–Crippen LogP) is 2.19. The molecule has 3 aliphatic rings. The lowest BCUT2D eigenvalue weighted by molar-refractivity contribution is -0.136. The maximum atomic E-state index is 13.2. The molecule has 1 atom stereocenters. The lowest BCUT2D eigenvalue weighted by Gasteiger charge is -2.29. The lowest BCUT2D eigenvalue weighted by Crippen LogP contribution is -2.52. The Hall–Kier alpha value is -3.39. The van der Waals surface area contributed by atoms with Crippen LogP contribution in [0.2, 0.25) is 0 Å². The topological polar surface area (TPSA) is 99.8 Å². The van der Waals surface area contributed by atoms with E-state index in [-0.39, 0.29) is 24.3 Å². The number of benzene rings is 2. The van der Waals surface area contributed by atoms with Crippen molar-refractivity contribution in [2.24, 2.45) is 0 Å². The third-order valence-electron chi connectivity index (χ3n) is 6.54. The van der Waals surface area contributed by atoms with Gasteiger partial charge in [-0.1, -0.05) is 24.3 Å². The fraction of sp³-hybridized carbons (Fsp3) is 0.400. The van der Waals surface area contributed by atoms with Crippen LogP contribution in [0.1, 0.15) is 47.2 Å². The number of ether oxygens (including phenoxy) is 1. The Morgan fingerprint density at radius 2 is 1.85 bits per heavy atom. The highest BCUT2D eigenvalue weighted by Gasteiger charge is 2.39. The second-order valence-electron chi connectivity index (χ2n) is 8.80. The lowest BCUT2D eigenvalue weighted by atomic mass is 10.0. The van der Waals surface area contributed by atoms with E-state index in [2.05, 4.69) is 16.0 Å². The predicted molar refractivity (Wildman–Crippen MR) is 123 cm³/mol. The van der Waals surface area contributed by atoms with Gasteiger partial charge < -0.3 is 20.3 Å². The minimum absolute atomic E-state index is 0.153. The molecule has 0 saturated carbocycles. The number of nitrogens with one attached hydrogen (secondary N) is 3. The van der Waals surface area contributed by atoms with E-state index >= 15 is 0 Å². The van der Waals surface area contributed by atoms with Crippen molar-refractivity contribution in [3.63, 3.8) is 0 Å². The Balaban J connectivity index is 1.27. The molecular weight excluding hydrogens is 420 g/mol. The van der Waals surface area contributed by atoms with Crippen molar-refractivity contribution >= 4 is 23.4 Å². The summed E-state index contributed by atoms with van der Waals surface area (Å²) in [5.74, 6) is 0.0134. The van der Waals surface area contributed by atoms with Gasteiger partial charge in [0.2, 0.25) is 11.8 Å². The standard InChI is InChI=1S/C25H28N4O4/c30-22-8-7-21(24(31)28-22)29-15-17-4-1-3-16(23(17)25(29)32)14-27-18-5-2-6-20(13-18)33-19-9-11-26-12-10-19/h1-6,13,19,21,26-27H,7-12,14-15H2,(H,28,30,31). The van der Waals surface area contributed by atoms with Crippen LogP contribution in [0.4, 0.5) is 5.69 Å². The second-order valence-corrected chi connectivity index (χ2v) is 8.80. The average molecular weight is 449 g/mol. The van der Waals surface area contributed by atoms with E-state index < -0.39 is 11.9 Å². The number of nitrogens with zero attached hydrogens (tertiary/aromatic N) is 1. The van der Waals surface area contributed by atoms with Gasteiger partial charge in [0.15, 0.2) is 0 Å². The van der Waals surface area contributed by atoms with Crippen LogP contribution in [0, 0.1) is 0 Å². The van der Waals surface area contributed by atoms with Crippen molar-refractivity contribution in [1.82, 2.24) is 15.5 Å². The Morgan fingerprint density at radius 3 is 2.67 bits per heavy atom. The summed E-state index contributed by atoms with van der Waals surface area (Å²) in [4.78, 5) is 38.6. The van der Waals surface area contributed by atoms with Crippen LogP contribution in [-0.2, 0) is 22.7 Å². The number of hydrogen-bond donors (Lipinski definition) is 3. The Bertz CT molecular complexity index is 1080. The number of anilines is 1. The molecule has 0 spiro atoms. The summed E-state index contributed by atoms with van der Waals surface area (Å²) in [6, 6.07) is 13.1. The fourth-order valence-corrected chi connectivity index (χ4v) is 4.82. The molecule has 8 nitrogen and oxygen atoms in total. The Morgan fingerprint density at radius 1 is 1.03 bits per heavy atom. The van der Waals surface area contributed by atoms with Gasteiger partial charge in [-0.25, -0.2) is 0 Å². The molecule has 3 amide bonds. The number of carbonyl (C=O) groups is 3. The van der Waals surface area contributed by atoms with Gasteiger partial charge in [0, 0.05) is 36.8 Å². The van der Waals surface area contributed by atoms with Gasteiger partial charge in [0.25, 0.3) is 5.91 Å². The van der Waals surface area contributed by atoms with Crippen LogP contribution < -0.4 is 20.7 Å². The SMILES string of the molecule is O=C1CCC(N2Cc3cccc(CNc4cccc(OC5CCNCC5)c4)c3C2=O)C(=O)N1. The molecule has 3 heterocycles. The first-order valence-electron chi connectivity index (χ1n) is 11.6. The van der Waals surface area contributed by atoms with Crippen LogP contribution in [0.25, 0.3) is 0 Å². The molecule has 33 heavy (non-hydrogen) atoms. The normalized spacial score (nSPS) is 21.0. The van der Waals surface area contributed by atoms with Crippen LogP contribution in [0.5, 0.6) is 5.75 Å². The summed E-state index contributed by atoms with van der Waals surface area (Å²) in [6.45, 7) is 2.82. The number of hydrogen-bond acceptors (Lipinski definition) is 6. The molecule has 3 N–H and O–H groups in total. The zero-order valence-electron chi connectivity index (χ0n) is 18.4. The Labute approximate surface area is 192 Å². The smallest absolute Gasteiger partial charge is 0.255 e. The van der Waals surface area contributed by atoms with Crippen molar-refractivity contribution in [1.29, 1.82) is 0 Å². The summed E-state index contributed by atoms with van der Waals surface area (Å²) < 4.78 is 6.14. The van der Waals surface area contributed by atoms with Crippen LogP contribution in [-0.4, -0.2) is 47.9 Å². The largest absolute Gasteiger partial charge is 0.490 e. The molecule has 172 valence electrons. The van der Waals surface area contributed by atoms with Crippen LogP contribution >= 0.6 is 0 Å². The van der Waals surface area contributed by atoms with E-state index in [1.165, 1.54) is 0 Å². The van der Waals surface area contributed by atoms with Gasteiger partial charge in [-0.15, -0.1) is 0 Å². The zero-order chi connectivity index (χ0) is 22.8. The van der Waals surface area contributed by atoms with Crippen molar-refractivity contribution < 1.29 is 19.1 Å². The molecule has 2 aromatic carbocycles. The van der Waals surface area contributed by atoms with Crippen molar-refractivity contribution in [3.05, 3.63) is 59.2 Å². The maximum absolute atomic E-state index is 13.2. The van der Waals surface area contributed by atoms with E-state index in [1.54, 1.807) is 4.90 Å². The van der Waals surface area contributed by atoms with Gasteiger partial charge in [-0.05, 0) is 55.6 Å². The molecule has 0 aliphatic carbocycles. The van der Waals surface area contributed by atoms with Crippen LogP contribution in [0.3, 0.4) is 0 Å². The molecule has 1 unspecified atom stereocenters. The number of piperidine rings is 2. The van der Waals surface area contributed by atoms with Gasteiger partial charge in [0.05, 0.1) is 0 Å². The first kappa shape index (κ1) is 21.5. The van der Waals surface area contributed by atoms with Crippen LogP contribution in [0.15, 0.2) is 42.5 Å². The van der Waals surface area contributed by atoms with Crippen molar-refractivity contribution in [2.75, 3.05) is 18.4 Å². The summed E-state index contributed by atoms with van der Waals surface area (Å²) >= 11 is 0. The summed E-state index contributed by atoms with van der Waals surface area (Å²) in [6.07, 6.45) is 2.84. The third-order valence-corrected chi connectivity index (χ3v) is 6.54. The van der Waals surface area contributed by atoms with E-state index in [0.29, 0.717) is 25.1 Å². The minimum Gasteiger partial charge on any atom is -0.490 e. The number of rotatable bonds is 6. The molecule has 2 saturated heterocycles. The number of amides is 3. The Kier molecular flexibility index (Phi) is 6.00. The molecule has 0 radical (unpaired) electrons. The minimum atomic E-state index is -0.604. The number of imide groups is 1. The molecule has 2 fully saturated rings. The van der Waals surface area contributed by atoms with E-state index in [9.17, 15) is 14.4 Å². The molecule has 3 aliphatic heterocycles. The monoisotopic (exact) mass is 448 g/mol. The quantitative estimate of drug-likeness (QED) is 0.586. The summed E-state index contributed by atoms with van der Waals surface area (Å²) in [5, 5.41) is 9.10. The third kappa shape index (κ3) is 4.57. The van der Waals surface area contributed by atoms with E-state index in [0.717, 1.165) is 48.5 Å². The molecular formula is C25H28N4O4. The highest BCUT2D eigenvalue weighted by atomic mass is 16.5. The first-order chi connectivity index (χ1) is 16.1. The van der Waals surface area contributed by atoms with Gasteiger partial charge >= 0.3 is 0 Å². The molecule has 2 aromatic rings. The number of fused-ring (bicyclic) bond motifs is 1. The maximum Gasteiger partial charge on any atom is 0.255 e. The average Bonchev–Trinajstić information content (AvgIpc) is 3.15. The zero-order valence-corrected chi connectivity index (χ0v) is 18.4. The van der Waals surface area contributed by atoms with E-state index in [1.807, 2.05) is 42.5 Å². The van der Waals surface area contributed by atoms with Gasteiger partial charge in [-0.3, -0.25) is 19.7 Å². The van der Waals surface area contributed by atoms with E-state index in [4.69, 9.17) is 4.74 Å². The second kappa shape index (κ2) is 9.23. The molecule has 5 rings (SSSR count). The fourth-order valence-electron chi connectivity index (χ4n) is 4.82. The highest BCUT2D eigenvalue weighted by molar-refractivity contribution is 6.06. The summed E-state index contributed by atoms with van der Waals surface area (Å²) in [7, 11) is 0. The molecule has 0 bridgehead atoms. The highest BCUT2D eigenvalue weighted by Crippen LogP contribution is 2.30. The van der Waals surface area contributed by atoms with Gasteiger partial charge in [0.1, 0.15) is 17.9 Å². The van der Waals surface area contributed by atoms with Crippen molar-refractivity contribution in [3.8, 4) is 5.75 Å². The first-order valence-corrected chi connectivity index (χ1v) is 11.6. The molecule has 0 aromatic heterocycles.